The van der Waals surface area contributed by atoms with Crippen LogP contribution in [0, 0.1) is 5.41 Å². The van der Waals surface area contributed by atoms with Gasteiger partial charge in [-0.25, -0.2) is 0 Å². The van der Waals surface area contributed by atoms with Gasteiger partial charge in [-0.15, -0.1) is 0 Å². The van der Waals surface area contributed by atoms with E-state index in [0.717, 1.165) is 51.9 Å². The molecule has 7 heteroatoms. The molecule has 4 rings (SSSR count). The highest BCUT2D eigenvalue weighted by Crippen LogP contribution is 2.40. The van der Waals surface area contributed by atoms with E-state index < -0.39 is 0 Å². The quantitative estimate of drug-likeness (QED) is 0.895. The van der Waals surface area contributed by atoms with E-state index >= 15 is 0 Å². The number of rotatable bonds is 2. The highest BCUT2D eigenvalue weighted by atomic mass is 16.2. The lowest BCUT2D eigenvalue weighted by atomic mass is 9.72. The monoisotopic (exact) mass is 353 g/mol. The number of nitrogens with zero attached hydrogens (tertiary/aromatic N) is 4. The summed E-state index contributed by atoms with van der Waals surface area (Å²) in [7, 11) is 0. The molecule has 0 unspecified atom stereocenters. The first-order chi connectivity index (χ1) is 12.7. The molecule has 1 N–H and O–H groups in total. The van der Waals surface area contributed by atoms with Gasteiger partial charge in [0, 0.05) is 50.3 Å². The van der Waals surface area contributed by atoms with Gasteiger partial charge in [-0.05, 0) is 43.2 Å². The summed E-state index contributed by atoms with van der Waals surface area (Å²) in [6.45, 7) is 3.06. The number of hydrogen-bond donors (Lipinski definition) is 1. The van der Waals surface area contributed by atoms with Gasteiger partial charge < -0.3 is 9.80 Å². The van der Waals surface area contributed by atoms with Gasteiger partial charge in [-0.2, -0.15) is 5.10 Å². The Morgan fingerprint density at radius 3 is 2.38 bits per heavy atom. The average Bonchev–Trinajstić information content (AvgIpc) is 3.23. The minimum atomic E-state index is 0.0362. The number of carbonyl (C=O) groups is 2. The summed E-state index contributed by atoms with van der Waals surface area (Å²) in [5.41, 5.74) is 1.44. The maximum absolute atomic E-state index is 12.8. The summed E-state index contributed by atoms with van der Waals surface area (Å²) in [6, 6.07) is 3.55. The molecule has 0 aromatic carbocycles. The van der Waals surface area contributed by atoms with Crippen LogP contribution >= 0.6 is 0 Å². The van der Waals surface area contributed by atoms with E-state index in [0.29, 0.717) is 11.1 Å². The second-order valence-corrected chi connectivity index (χ2v) is 7.35. The normalized spacial score (nSPS) is 19.5. The first-order valence-electron chi connectivity index (χ1n) is 9.14. The van der Waals surface area contributed by atoms with Gasteiger partial charge in [0.05, 0.1) is 11.8 Å². The van der Waals surface area contributed by atoms with Crippen molar-refractivity contribution in [2.24, 2.45) is 5.41 Å². The molecule has 2 aliphatic rings. The van der Waals surface area contributed by atoms with Gasteiger partial charge in [0.25, 0.3) is 11.8 Å². The van der Waals surface area contributed by atoms with E-state index in [1.807, 2.05) is 9.80 Å². The zero-order valence-corrected chi connectivity index (χ0v) is 14.7. The largest absolute Gasteiger partial charge is 0.339 e. The van der Waals surface area contributed by atoms with Crippen LogP contribution in [0.25, 0.3) is 0 Å². The lowest BCUT2D eigenvalue weighted by Gasteiger charge is -2.47. The summed E-state index contributed by atoms with van der Waals surface area (Å²) < 4.78 is 0. The molecule has 2 saturated heterocycles. The molecule has 2 amide bonds. The lowest BCUT2D eigenvalue weighted by molar-refractivity contribution is 0.0201. The van der Waals surface area contributed by atoms with Crippen LogP contribution in [-0.2, 0) is 0 Å². The third-order valence-corrected chi connectivity index (χ3v) is 5.73. The van der Waals surface area contributed by atoms with Gasteiger partial charge in [0.15, 0.2) is 0 Å². The van der Waals surface area contributed by atoms with E-state index in [9.17, 15) is 9.59 Å². The van der Waals surface area contributed by atoms with Crippen LogP contribution < -0.4 is 0 Å². The molecule has 7 nitrogen and oxygen atoms in total. The Hall–Kier alpha value is -2.70. The van der Waals surface area contributed by atoms with Crippen molar-refractivity contribution in [3.63, 3.8) is 0 Å². The Morgan fingerprint density at radius 1 is 0.962 bits per heavy atom. The van der Waals surface area contributed by atoms with Gasteiger partial charge in [0.2, 0.25) is 0 Å². The summed E-state index contributed by atoms with van der Waals surface area (Å²) in [4.78, 5) is 33.1. The fourth-order valence-electron chi connectivity index (χ4n) is 4.20. The number of hydrogen-bond acceptors (Lipinski definition) is 4. The minimum Gasteiger partial charge on any atom is -0.339 e. The maximum Gasteiger partial charge on any atom is 0.257 e. The Bertz CT molecular complexity index is 766. The lowest BCUT2D eigenvalue weighted by Crippen LogP contribution is -2.52. The molecule has 0 atom stereocenters. The summed E-state index contributed by atoms with van der Waals surface area (Å²) >= 11 is 0. The van der Waals surface area contributed by atoms with Crippen molar-refractivity contribution in [2.75, 3.05) is 26.2 Å². The van der Waals surface area contributed by atoms with Crippen molar-refractivity contribution in [3.05, 3.63) is 48.0 Å². The number of aromatic nitrogens is 3. The first-order valence-corrected chi connectivity index (χ1v) is 9.14. The molecule has 136 valence electrons. The average molecular weight is 353 g/mol. The van der Waals surface area contributed by atoms with Gasteiger partial charge in [-0.3, -0.25) is 19.7 Å². The zero-order chi connectivity index (χ0) is 18.0. The van der Waals surface area contributed by atoms with Crippen molar-refractivity contribution in [1.29, 1.82) is 0 Å². The Labute approximate surface area is 152 Å². The molecule has 0 bridgehead atoms. The van der Waals surface area contributed by atoms with Crippen molar-refractivity contribution in [1.82, 2.24) is 25.0 Å². The molecule has 4 heterocycles. The van der Waals surface area contributed by atoms with E-state index in [1.165, 1.54) is 0 Å². The first kappa shape index (κ1) is 16.8. The summed E-state index contributed by atoms with van der Waals surface area (Å²) in [6.07, 6.45) is 10.6. The second-order valence-electron chi connectivity index (χ2n) is 7.35. The number of aromatic amines is 1. The van der Waals surface area contributed by atoms with Crippen molar-refractivity contribution >= 4 is 11.8 Å². The van der Waals surface area contributed by atoms with Gasteiger partial charge in [0.1, 0.15) is 0 Å². The van der Waals surface area contributed by atoms with E-state index in [2.05, 4.69) is 15.2 Å². The molecule has 0 aliphatic carbocycles. The standard InChI is InChI=1S/C19H23N5O2/c25-17(15-2-7-20-8-3-15)24-9-1-4-19(14-24)5-10-23(11-6-19)18(26)16-12-21-22-13-16/h2-3,7-8,12-13H,1,4-6,9-11,14H2,(H,21,22). The van der Waals surface area contributed by atoms with Crippen LogP contribution in [0.4, 0.5) is 0 Å². The molecule has 2 aromatic rings. The number of carbonyl (C=O) groups excluding carboxylic acids is 2. The number of piperidine rings is 2. The zero-order valence-electron chi connectivity index (χ0n) is 14.7. The van der Waals surface area contributed by atoms with Crippen LogP contribution in [0.5, 0.6) is 0 Å². The van der Waals surface area contributed by atoms with Crippen molar-refractivity contribution < 1.29 is 9.59 Å². The van der Waals surface area contributed by atoms with Gasteiger partial charge >= 0.3 is 0 Å². The number of likely N-dealkylation sites (tertiary alicyclic amines) is 2. The number of H-pyrrole nitrogens is 1. The fourth-order valence-corrected chi connectivity index (χ4v) is 4.20. The van der Waals surface area contributed by atoms with Crippen LogP contribution in [0.15, 0.2) is 36.9 Å². The maximum atomic E-state index is 12.8. The minimum absolute atomic E-state index is 0.0362. The smallest absolute Gasteiger partial charge is 0.257 e. The van der Waals surface area contributed by atoms with Crippen LogP contribution in [0.1, 0.15) is 46.4 Å². The predicted molar refractivity (Wildman–Crippen MR) is 95.5 cm³/mol. The Balaban J connectivity index is 1.40. The molecule has 0 radical (unpaired) electrons. The molecule has 2 aliphatic heterocycles. The van der Waals surface area contributed by atoms with Crippen LogP contribution in [0.2, 0.25) is 0 Å². The molecule has 1 spiro atoms. The summed E-state index contributed by atoms with van der Waals surface area (Å²) in [5, 5.41) is 6.55. The SMILES string of the molecule is O=C(c1cn[nH]c1)N1CCC2(CCCN(C(=O)c3ccncc3)C2)CC1. The number of amides is 2. The Kier molecular flexibility index (Phi) is 4.44. The second kappa shape index (κ2) is 6.90. The van der Waals surface area contributed by atoms with E-state index in [-0.39, 0.29) is 17.2 Å². The predicted octanol–water partition coefficient (Wildman–Crippen LogP) is 1.96. The number of pyridine rings is 1. The fraction of sp³-hybridized carbons (Fsp3) is 0.474. The van der Waals surface area contributed by atoms with Crippen molar-refractivity contribution in [2.45, 2.75) is 25.7 Å². The molecule has 2 fully saturated rings. The topological polar surface area (TPSA) is 82.2 Å². The van der Waals surface area contributed by atoms with Crippen LogP contribution in [-0.4, -0.2) is 63.0 Å². The third-order valence-electron chi connectivity index (χ3n) is 5.73. The summed E-state index contributed by atoms with van der Waals surface area (Å²) in [5.74, 6) is 0.123. The Morgan fingerprint density at radius 2 is 1.69 bits per heavy atom. The van der Waals surface area contributed by atoms with Crippen molar-refractivity contribution in [3.8, 4) is 0 Å². The molecule has 2 aromatic heterocycles. The highest BCUT2D eigenvalue weighted by Gasteiger charge is 2.40. The third kappa shape index (κ3) is 3.21. The molecular formula is C19H23N5O2. The van der Waals surface area contributed by atoms with Gasteiger partial charge in [-0.1, -0.05) is 0 Å². The molecular weight excluding hydrogens is 330 g/mol. The molecule has 0 saturated carbocycles. The molecule has 26 heavy (non-hydrogen) atoms. The van der Waals surface area contributed by atoms with E-state index in [1.54, 1.807) is 36.9 Å². The highest BCUT2D eigenvalue weighted by molar-refractivity contribution is 5.94. The van der Waals surface area contributed by atoms with E-state index in [4.69, 9.17) is 0 Å². The number of nitrogens with one attached hydrogen (secondary N) is 1. The van der Waals surface area contributed by atoms with Crippen LogP contribution in [0.3, 0.4) is 0 Å².